The normalized spacial score (nSPS) is 10.7. The fourth-order valence-electron chi connectivity index (χ4n) is 1.96. The molecule has 0 bridgehead atoms. The monoisotopic (exact) mass is 275 g/mol. The molecule has 4 heteroatoms. The summed E-state index contributed by atoms with van der Waals surface area (Å²) in [7, 11) is 0. The molecule has 0 amide bonds. The lowest BCUT2D eigenvalue weighted by molar-refractivity contribution is 0.866. The molecule has 0 saturated carbocycles. The van der Waals surface area contributed by atoms with Crippen LogP contribution in [0.15, 0.2) is 24.3 Å². The van der Waals surface area contributed by atoms with E-state index in [0.717, 1.165) is 42.8 Å². The molecule has 0 radical (unpaired) electrons. The molecule has 0 atom stereocenters. The summed E-state index contributed by atoms with van der Waals surface area (Å²) >= 11 is 6.06. The second-order valence-electron chi connectivity index (χ2n) is 4.52. The number of rotatable bonds is 5. The van der Waals surface area contributed by atoms with Crippen LogP contribution in [0.1, 0.15) is 38.1 Å². The highest BCUT2D eigenvalue weighted by Crippen LogP contribution is 2.17. The number of aromatic nitrogens is 3. The maximum Gasteiger partial charge on any atom is 0.179 e. The van der Waals surface area contributed by atoms with Crippen LogP contribution in [0.2, 0.25) is 5.15 Å². The molecule has 0 aliphatic carbocycles. The average Bonchev–Trinajstić information content (AvgIpc) is 2.39. The van der Waals surface area contributed by atoms with Gasteiger partial charge in [-0.25, -0.2) is 15.0 Å². The van der Waals surface area contributed by atoms with E-state index < -0.39 is 0 Å². The minimum atomic E-state index is 0.483. The Hall–Kier alpha value is -1.48. The van der Waals surface area contributed by atoms with Gasteiger partial charge < -0.3 is 0 Å². The topological polar surface area (TPSA) is 38.7 Å². The van der Waals surface area contributed by atoms with Gasteiger partial charge in [-0.3, -0.25) is 0 Å². The fourth-order valence-corrected chi connectivity index (χ4v) is 2.17. The standard InChI is InChI=1S/C15H18ClN3/c1-3-6-11-8-5-9-13(17-11)15-18-12(7-4-2)10-14(16)19-15/h5,8-10H,3-4,6-7H2,1-2H3. The van der Waals surface area contributed by atoms with Crippen LogP contribution >= 0.6 is 11.6 Å². The number of hydrogen-bond donors (Lipinski definition) is 0. The summed E-state index contributed by atoms with van der Waals surface area (Å²) < 4.78 is 0. The third-order valence-corrected chi connectivity index (χ3v) is 2.99. The van der Waals surface area contributed by atoms with Crippen molar-refractivity contribution in [2.24, 2.45) is 0 Å². The van der Waals surface area contributed by atoms with Gasteiger partial charge in [-0.05, 0) is 31.0 Å². The van der Waals surface area contributed by atoms with Gasteiger partial charge in [-0.15, -0.1) is 0 Å². The minimum absolute atomic E-state index is 0.483. The smallest absolute Gasteiger partial charge is 0.179 e. The summed E-state index contributed by atoms with van der Waals surface area (Å²) in [6.07, 6.45) is 3.99. The van der Waals surface area contributed by atoms with Gasteiger partial charge in [-0.2, -0.15) is 0 Å². The molecule has 2 heterocycles. The van der Waals surface area contributed by atoms with Gasteiger partial charge in [0.2, 0.25) is 0 Å². The summed E-state index contributed by atoms with van der Waals surface area (Å²) in [4.78, 5) is 13.4. The van der Waals surface area contributed by atoms with Crippen molar-refractivity contribution in [1.29, 1.82) is 0 Å². The molecule has 2 aromatic heterocycles. The van der Waals surface area contributed by atoms with Crippen molar-refractivity contribution in [3.05, 3.63) is 40.8 Å². The molecule has 2 aromatic rings. The van der Waals surface area contributed by atoms with Crippen LogP contribution in [0.5, 0.6) is 0 Å². The minimum Gasteiger partial charge on any atom is -0.249 e. The lowest BCUT2D eigenvalue weighted by Crippen LogP contribution is -1.99. The van der Waals surface area contributed by atoms with Crippen molar-refractivity contribution >= 4 is 11.6 Å². The summed E-state index contributed by atoms with van der Waals surface area (Å²) in [5, 5.41) is 0.483. The Labute approximate surface area is 119 Å². The fraction of sp³-hybridized carbons (Fsp3) is 0.400. The largest absolute Gasteiger partial charge is 0.249 e. The molecule has 0 N–H and O–H groups in total. The Kier molecular flexibility index (Phi) is 4.86. The molecule has 0 aliphatic heterocycles. The van der Waals surface area contributed by atoms with Crippen LogP contribution in [0, 0.1) is 0 Å². The highest BCUT2D eigenvalue weighted by atomic mass is 35.5. The second kappa shape index (κ2) is 6.62. The summed E-state index contributed by atoms with van der Waals surface area (Å²) in [5.41, 5.74) is 2.84. The van der Waals surface area contributed by atoms with Gasteiger partial charge in [0.1, 0.15) is 10.8 Å². The Balaban J connectivity index is 2.37. The predicted molar refractivity (Wildman–Crippen MR) is 78.3 cm³/mol. The first-order valence-corrected chi connectivity index (χ1v) is 7.10. The molecular weight excluding hydrogens is 258 g/mol. The van der Waals surface area contributed by atoms with E-state index in [2.05, 4.69) is 28.8 Å². The van der Waals surface area contributed by atoms with E-state index in [1.807, 2.05) is 24.3 Å². The number of pyridine rings is 1. The summed E-state index contributed by atoms with van der Waals surface area (Å²) in [6, 6.07) is 7.78. The molecular formula is C15H18ClN3. The maximum atomic E-state index is 6.06. The molecule has 0 fully saturated rings. The zero-order chi connectivity index (χ0) is 13.7. The van der Waals surface area contributed by atoms with E-state index in [0.29, 0.717) is 11.0 Å². The van der Waals surface area contributed by atoms with Crippen molar-refractivity contribution in [1.82, 2.24) is 15.0 Å². The number of aryl methyl sites for hydroxylation is 2. The van der Waals surface area contributed by atoms with Crippen LogP contribution in [0.4, 0.5) is 0 Å². The van der Waals surface area contributed by atoms with E-state index >= 15 is 0 Å². The van der Waals surface area contributed by atoms with Crippen molar-refractivity contribution in [3.8, 4) is 11.5 Å². The quantitative estimate of drug-likeness (QED) is 0.771. The molecule has 0 aromatic carbocycles. The first kappa shape index (κ1) is 13.9. The Morgan fingerprint density at radius 3 is 2.42 bits per heavy atom. The molecule has 0 aliphatic rings. The van der Waals surface area contributed by atoms with Crippen molar-refractivity contribution < 1.29 is 0 Å². The second-order valence-corrected chi connectivity index (χ2v) is 4.91. The Bertz CT molecular complexity index is 555. The predicted octanol–water partition coefficient (Wildman–Crippen LogP) is 4.10. The zero-order valence-corrected chi connectivity index (χ0v) is 12.1. The number of halogens is 1. The third kappa shape index (κ3) is 3.74. The van der Waals surface area contributed by atoms with Gasteiger partial charge in [-0.1, -0.05) is 44.4 Å². The van der Waals surface area contributed by atoms with E-state index in [9.17, 15) is 0 Å². The lowest BCUT2D eigenvalue weighted by Gasteiger charge is -2.05. The first-order valence-electron chi connectivity index (χ1n) is 6.72. The van der Waals surface area contributed by atoms with E-state index in [4.69, 9.17) is 11.6 Å². The lowest BCUT2D eigenvalue weighted by atomic mass is 10.2. The van der Waals surface area contributed by atoms with Gasteiger partial charge in [0.25, 0.3) is 0 Å². The number of nitrogens with zero attached hydrogens (tertiary/aromatic N) is 3. The van der Waals surface area contributed by atoms with Crippen molar-refractivity contribution in [2.45, 2.75) is 39.5 Å². The van der Waals surface area contributed by atoms with Gasteiger partial charge >= 0.3 is 0 Å². The van der Waals surface area contributed by atoms with Crippen LogP contribution in [0.25, 0.3) is 11.5 Å². The van der Waals surface area contributed by atoms with Gasteiger partial charge in [0.05, 0.1) is 0 Å². The SMILES string of the molecule is CCCc1cccc(-c2nc(Cl)cc(CCC)n2)n1. The highest BCUT2D eigenvalue weighted by Gasteiger charge is 2.07. The van der Waals surface area contributed by atoms with Gasteiger partial charge in [0.15, 0.2) is 5.82 Å². The summed E-state index contributed by atoms with van der Waals surface area (Å²) in [5.74, 6) is 0.619. The van der Waals surface area contributed by atoms with Crippen molar-refractivity contribution in [3.63, 3.8) is 0 Å². The van der Waals surface area contributed by atoms with Crippen molar-refractivity contribution in [2.75, 3.05) is 0 Å². The Morgan fingerprint density at radius 2 is 1.68 bits per heavy atom. The van der Waals surface area contributed by atoms with E-state index in [1.54, 1.807) is 0 Å². The third-order valence-electron chi connectivity index (χ3n) is 2.80. The van der Waals surface area contributed by atoms with Crippen LogP contribution in [-0.4, -0.2) is 15.0 Å². The molecule has 0 saturated heterocycles. The highest BCUT2D eigenvalue weighted by molar-refractivity contribution is 6.29. The molecule has 0 spiro atoms. The molecule has 19 heavy (non-hydrogen) atoms. The average molecular weight is 276 g/mol. The zero-order valence-electron chi connectivity index (χ0n) is 11.4. The maximum absolute atomic E-state index is 6.06. The van der Waals surface area contributed by atoms with Crippen LogP contribution < -0.4 is 0 Å². The van der Waals surface area contributed by atoms with Gasteiger partial charge in [0, 0.05) is 11.4 Å². The van der Waals surface area contributed by atoms with E-state index in [1.165, 1.54) is 0 Å². The summed E-state index contributed by atoms with van der Waals surface area (Å²) in [6.45, 7) is 4.26. The molecule has 3 nitrogen and oxygen atoms in total. The molecule has 0 unspecified atom stereocenters. The first-order chi connectivity index (χ1) is 9.22. The van der Waals surface area contributed by atoms with Crippen LogP contribution in [0.3, 0.4) is 0 Å². The number of hydrogen-bond acceptors (Lipinski definition) is 3. The molecule has 100 valence electrons. The van der Waals surface area contributed by atoms with E-state index in [-0.39, 0.29) is 0 Å². The molecule has 2 rings (SSSR count). The van der Waals surface area contributed by atoms with Crippen LogP contribution in [-0.2, 0) is 12.8 Å². The Morgan fingerprint density at radius 1 is 0.947 bits per heavy atom.